The Morgan fingerprint density at radius 1 is 1.19 bits per heavy atom. The number of hydrogen-bond donors (Lipinski definition) is 2. The molecule has 92 valence electrons. The van der Waals surface area contributed by atoms with Crippen molar-refractivity contribution in [2.45, 2.75) is 71.1 Å². The number of nitrogens with one attached hydrogen (secondary N) is 1. The number of rotatable bonds is 2. The maximum atomic E-state index is 9.38. The zero-order valence-corrected chi connectivity index (χ0v) is 10.8. The summed E-state index contributed by atoms with van der Waals surface area (Å²) in [5.41, 5.74) is 0.974. The zero-order valence-electron chi connectivity index (χ0n) is 10.8. The number of hydrogen-bond acceptors (Lipinski definition) is 2. The van der Waals surface area contributed by atoms with Crippen LogP contribution in [0.5, 0.6) is 0 Å². The molecular weight excluding hydrogens is 198 g/mol. The molecule has 2 heteroatoms. The third-order valence-electron chi connectivity index (χ3n) is 5.79. The number of aliphatic hydroxyl groups is 1. The maximum absolute atomic E-state index is 9.38. The fourth-order valence-corrected chi connectivity index (χ4v) is 4.68. The largest absolute Gasteiger partial charge is 0.393 e. The van der Waals surface area contributed by atoms with E-state index in [1.807, 2.05) is 0 Å². The van der Waals surface area contributed by atoms with Crippen LogP contribution in [0, 0.1) is 16.7 Å². The molecule has 16 heavy (non-hydrogen) atoms. The second-order valence-electron chi connectivity index (χ2n) is 7.34. The normalized spacial score (nSPS) is 54.0. The molecule has 2 nitrogen and oxygen atoms in total. The maximum Gasteiger partial charge on any atom is 0.0570 e. The van der Waals surface area contributed by atoms with Crippen LogP contribution in [0.3, 0.4) is 0 Å². The first-order chi connectivity index (χ1) is 7.42. The van der Waals surface area contributed by atoms with Crippen LogP contribution in [0.25, 0.3) is 0 Å². The van der Waals surface area contributed by atoms with Crippen LogP contribution in [0.15, 0.2) is 0 Å². The molecular formula is C14H25NO. The van der Waals surface area contributed by atoms with Crippen LogP contribution in [-0.2, 0) is 0 Å². The van der Waals surface area contributed by atoms with Gasteiger partial charge in [-0.05, 0) is 48.9 Å². The average molecular weight is 223 g/mol. The molecule has 0 aliphatic heterocycles. The lowest BCUT2D eigenvalue weighted by atomic mass is 9.67. The van der Waals surface area contributed by atoms with Gasteiger partial charge in [0.15, 0.2) is 0 Å². The van der Waals surface area contributed by atoms with E-state index in [1.54, 1.807) is 0 Å². The second kappa shape index (κ2) is 3.23. The number of fused-ring (bicyclic) bond motifs is 2. The van der Waals surface area contributed by atoms with Gasteiger partial charge >= 0.3 is 0 Å². The van der Waals surface area contributed by atoms with Crippen LogP contribution in [0.1, 0.15) is 52.9 Å². The molecule has 1 unspecified atom stereocenters. The van der Waals surface area contributed by atoms with Crippen LogP contribution < -0.4 is 5.32 Å². The summed E-state index contributed by atoms with van der Waals surface area (Å²) >= 11 is 0. The van der Waals surface area contributed by atoms with E-state index in [-0.39, 0.29) is 6.10 Å². The molecule has 3 fully saturated rings. The van der Waals surface area contributed by atoms with Gasteiger partial charge in [-0.25, -0.2) is 0 Å². The third-order valence-corrected chi connectivity index (χ3v) is 5.79. The SMILES string of the molecule is CC1(C)C(NC2CC(O)C2)[C@]2(C)CC[C@H]1C2. The first-order valence-electron chi connectivity index (χ1n) is 6.86. The molecule has 0 amide bonds. The highest BCUT2D eigenvalue weighted by atomic mass is 16.3. The molecule has 0 radical (unpaired) electrons. The Hall–Kier alpha value is -0.0800. The molecule has 3 atom stereocenters. The van der Waals surface area contributed by atoms with Crippen LogP contribution in [0.2, 0.25) is 0 Å². The highest BCUT2D eigenvalue weighted by Crippen LogP contribution is 2.62. The van der Waals surface area contributed by atoms with Crippen molar-refractivity contribution in [2.24, 2.45) is 16.7 Å². The van der Waals surface area contributed by atoms with Crippen LogP contribution in [0.4, 0.5) is 0 Å². The average Bonchev–Trinajstić information content (AvgIpc) is 2.60. The van der Waals surface area contributed by atoms with Crippen molar-refractivity contribution in [1.29, 1.82) is 0 Å². The highest BCUT2D eigenvalue weighted by Gasteiger charge is 2.59. The molecule has 0 heterocycles. The van der Waals surface area contributed by atoms with Gasteiger partial charge in [0.05, 0.1) is 6.10 Å². The fourth-order valence-electron chi connectivity index (χ4n) is 4.68. The summed E-state index contributed by atoms with van der Waals surface area (Å²) in [4.78, 5) is 0. The van der Waals surface area contributed by atoms with E-state index in [1.165, 1.54) is 19.3 Å². The Labute approximate surface area is 98.8 Å². The van der Waals surface area contributed by atoms with E-state index in [2.05, 4.69) is 26.1 Å². The summed E-state index contributed by atoms with van der Waals surface area (Å²) < 4.78 is 0. The van der Waals surface area contributed by atoms with Gasteiger partial charge in [0.1, 0.15) is 0 Å². The molecule has 0 aromatic carbocycles. The van der Waals surface area contributed by atoms with E-state index in [0.29, 0.717) is 22.9 Å². The lowest BCUT2D eigenvalue weighted by molar-refractivity contribution is 0.0255. The standard InChI is InChI=1S/C14H25NO/c1-13(2)9-4-5-14(3,8-9)12(13)15-10-6-11(16)7-10/h9-12,15-16H,4-8H2,1-3H3/t9-,10?,11?,12?,14+/m0/s1. The van der Waals surface area contributed by atoms with Gasteiger partial charge in [-0.1, -0.05) is 20.8 Å². The Morgan fingerprint density at radius 3 is 2.38 bits per heavy atom. The highest BCUT2D eigenvalue weighted by molar-refractivity contribution is 5.13. The lowest BCUT2D eigenvalue weighted by Crippen LogP contribution is -2.57. The van der Waals surface area contributed by atoms with Gasteiger partial charge in [-0.2, -0.15) is 0 Å². The first kappa shape index (κ1) is 11.0. The predicted octanol–water partition coefficient (Wildman–Crippen LogP) is 2.31. The molecule has 3 saturated carbocycles. The minimum atomic E-state index is -0.0352. The number of aliphatic hydroxyl groups excluding tert-OH is 1. The van der Waals surface area contributed by atoms with E-state index >= 15 is 0 Å². The zero-order chi connectivity index (χ0) is 11.6. The topological polar surface area (TPSA) is 32.3 Å². The molecule has 2 N–H and O–H groups in total. The van der Waals surface area contributed by atoms with Crippen molar-refractivity contribution in [3.8, 4) is 0 Å². The quantitative estimate of drug-likeness (QED) is 0.753. The summed E-state index contributed by atoms with van der Waals surface area (Å²) in [5, 5.41) is 13.2. The van der Waals surface area contributed by atoms with Crippen molar-refractivity contribution in [2.75, 3.05) is 0 Å². The monoisotopic (exact) mass is 223 g/mol. The van der Waals surface area contributed by atoms with E-state index in [9.17, 15) is 5.11 Å². The summed E-state index contributed by atoms with van der Waals surface area (Å²) in [5.74, 6) is 0.917. The predicted molar refractivity (Wildman–Crippen MR) is 65.2 cm³/mol. The third kappa shape index (κ3) is 1.39. The molecule has 2 bridgehead atoms. The van der Waals surface area contributed by atoms with Crippen molar-refractivity contribution in [1.82, 2.24) is 5.32 Å². The molecule has 3 rings (SSSR count). The van der Waals surface area contributed by atoms with Gasteiger partial charge in [0.25, 0.3) is 0 Å². The van der Waals surface area contributed by atoms with Crippen molar-refractivity contribution in [3.05, 3.63) is 0 Å². The summed E-state index contributed by atoms with van der Waals surface area (Å²) in [6.07, 6.45) is 6.13. The molecule has 0 aromatic rings. The van der Waals surface area contributed by atoms with Gasteiger partial charge in [-0.15, -0.1) is 0 Å². The fraction of sp³-hybridized carbons (Fsp3) is 1.00. The minimum absolute atomic E-state index is 0.0352. The second-order valence-corrected chi connectivity index (χ2v) is 7.34. The van der Waals surface area contributed by atoms with Crippen molar-refractivity contribution >= 4 is 0 Å². The molecule has 0 saturated heterocycles. The van der Waals surface area contributed by atoms with Crippen LogP contribution in [-0.4, -0.2) is 23.3 Å². The van der Waals surface area contributed by atoms with E-state index < -0.39 is 0 Å². The molecule has 0 aromatic heterocycles. The summed E-state index contributed by atoms with van der Waals surface area (Å²) in [6, 6.07) is 1.24. The van der Waals surface area contributed by atoms with Crippen LogP contribution >= 0.6 is 0 Å². The van der Waals surface area contributed by atoms with Gasteiger partial charge in [0, 0.05) is 12.1 Å². The molecule has 3 aliphatic rings. The Balaban J connectivity index is 1.73. The summed E-state index contributed by atoms with van der Waals surface area (Å²) in [6.45, 7) is 7.35. The van der Waals surface area contributed by atoms with Crippen molar-refractivity contribution < 1.29 is 5.11 Å². The smallest absolute Gasteiger partial charge is 0.0570 e. The molecule has 3 aliphatic carbocycles. The van der Waals surface area contributed by atoms with Gasteiger partial charge < -0.3 is 10.4 Å². The van der Waals surface area contributed by atoms with E-state index in [4.69, 9.17) is 0 Å². The molecule has 0 spiro atoms. The Bertz CT molecular complexity index is 290. The van der Waals surface area contributed by atoms with Gasteiger partial charge in [-0.3, -0.25) is 0 Å². The van der Waals surface area contributed by atoms with Crippen molar-refractivity contribution in [3.63, 3.8) is 0 Å². The van der Waals surface area contributed by atoms with E-state index in [0.717, 1.165) is 18.8 Å². The first-order valence-corrected chi connectivity index (χ1v) is 6.86. The Morgan fingerprint density at radius 2 is 1.88 bits per heavy atom. The lowest BCUT2D eigenvalue weighted by Gasteiger charge is -2.47. The minimum Gasteiger partial charge on any atom is -0.393 e. The van der Waals surface area contributed by atoms with Gasteiger partial charge in [0.2, 0.25) is 0 Å². The Kier molecular flexibility index (Phi) is 2.23. The summed E-state index contributed by atoms with van der Waals surface area (Å²) in [7, 11) is 0.